The summed E-state index contributed by atoms with van der Waals surface area (Å²) in [6.45, 7) is 0. The van der Waals surface area contributed by atoms with Crippen molar-refractivity contribution < 1.29 is 9.37 Å². The highest BCUT2D eigenvalue weighted by atomic mass is 16.8. The molecule has 0 saturated heterocycles. The number of aromatic amines is 1. The third-order valence-electron chi connectivity index (χ3n) is 3.01. The largest absolute Gasteiger partial charge is 0.612 e. The Bertz CT molecular complexity index is 787. The molecule has 0 atom stereocenters. The molecule has 108 valence electrons. The van der Waals surface area contributed by atoms with E-state index in [9.17, 15) is 10.4 Å². The quantitative estimate of drug-likeness (QED) is 0.708. The molecule has 1 aliphatic carbocycles. The number of ether oxygens (including phenoxy) is 1. The highest BCUT2D eigenvalue weighted by molar-refractivity contribution is 5.76. The third kappa shape index (κ3) is 2.34. The molecule has 3 rings (SSSR count). The number of H-pyrrole nitrogens is 1. The molecule has 0 bridgehead atoms. The zero-order chi connectivity index (χ0) is 14.8. The van der Waals surface area contributed by atoms with Gasteiger partial charge in [-0.1, -0.05) is 0 Å². The van der Waals surface area contributed by atoms with Crippen LogP contribution in [0, 0.1) is 10.4 Å². The van der Waals surface area contributed by atoms with Crippen molar-refractivity contribution in [1.82, 2.24) is 15.2 Å². The summed E-state index contributed by atoms with van der Waals surface area (Å²) < 4.78 is 9.82. The van der Waals surface area contributed by atoms with E-state index in [1.807, 2.05) is 24.3 Å². The Morgan fingerprint density at radius 1 is 1.19 bits per heavy atom. The summed E-state index contributed by atoms with van der Waals surface area (Å²) in [5, 5.41) is 31.1. The first-order valence-electron chi connectivity index (χ1n) is 6.04. The number of nitrogens with zero attached hydrogens (tertiary/aromatic N) is 2. The van der Waals surface area contributed by atoms with E-state index in [2.05, 4.69) is 15.6 Å². The topological polar surface area (TPSA) is 112 Å². The summed E-state index contributed by atoms with van der Waals surface area (Å²) in [6, 6.07) is 10.3. The summed E-state index contributed by atoms with van der Waals surface area (Å²) in [4.78, 5) is -0.504. The average Bonchev–Trinajstić information content (AvgIpc) is 2.98. The van der Waals surface area contributed by atoms with Gasteiger partial charge in [0.05, 0.1) is 12.8 Å². The second-order valence-corrected chi connectivity index (χ2v) is 4.25. The number of aromatic nitrogens is 2. The minimum atomic E-state index is -0.504. The number of hydrogen-bond donors (Lipinski definition) is 2. The fourth-order valence-corrected chi connectivity index (χ4v) is 1.97. The predicted octanol–water partition coefficient (Wildman–Crippen LogP) is 1.63. The number of benzene rings is 2. The zero-order valence-corrected chi connectivity index (χ0v) is 11.0. The molecule has 8 nitrogen and oxygen atoms in total. The molecule has 1 aromatic carbocycles. The SMILES string of the molecule is COc1ccc(Nc2ccc(=[N+]([O-])[O-])c3no[nH]c2-3)cc1. The van der Waals surface area contributed by atoms with Crippen LogP contribution in [0.15, 0.2) is 41.0 Å². The van der Waals surface area contributed by atoms with Crippen molar-refractivity contribution in [1.29, 1.82) is 0 Å². The smallest absolute Gasteiger partial charge is 0.254 e. The standard InChI is InChI=1S/C13H11N4O4/c1-20-9-4-2-8(3-5-9)14-10-6-7-11(17(18)19)13-12(10)15-21-16-13/h2-7,14-15H,1H3/q-1. The molecule has 1 aromatic rings. The van der Waals surface area contributed by atoms with E-state index >= 15 is 0 Å². The van der Waals surface area contributed by atoms with Crippen molar-refractivity contribution >= 4 is 11.4 Å². The molecular weight excluding hydrogens is 276 g/mol. The Hall–Kier alpha value is -3.16. The van der Waals surface area contributed by atoms with Gasteiger partial charge in [0, 0.05) is 11.8 Å². The van der Waals surface area contributed by atoms with Crippen LogP contribution in [0.2, 0.25) is 0 Å². The van der Waals surface area contributed by atoms with Crippen molar-refractivity contribution in [2.24, 2.45) is 0 Å². The van der Waals surface area contributed by atoms with E-state index in [1.165, 1.54) is 6.07 Å². The molecule has 0 unspecified atom stereocenters. The van der Waals surface area contributed by atoms with E-state index < -0.39 is 4.90 Å². The predicted molar refractivity (Wildman–Crippen MR) is 75.8 cm³/mol. The minimum Gasteiger partial charge on any atom is -0.612 e. The van der Waals surface area contributed by atoms with Gasteiger partial charge in [-0.2, -0.15) is 10.1 Å². The van der Waals surface area contributed by atoms with Gasteiger partial charge in [-0.15, -0.1) is 0 Å². The zero-order valence-electron chi connectivity index (χ0n) is 11.0. The average molecular weight is 287 g/mol. The third-order valence-corrected chi connectivity index (χ3v) is 3.01. The molecule has 21 heavy (non-hydrogen) atoms. The van der Waals surface area contributed by atoms with E-state index in [0.29, 0.717) is 11.4 Å². The van der Waals surface area contributed by atoms with Gasteiger partial charge in [0.2, 0.25) is 5.69 Å². The van der Waals surface area contributed by atoms with Crippen LogP contribution in [-0.4, -0.2) is 17.4 Å². The van der Waals surface area contributed by atoms with Gasteiger partial charge in [0.15, 0.2) is 0 Å². The van der Waals surface area contributed by atoms with Gasteiger partial charge in [-0.25, -0.2) is 0 Å². The number of nitrogens with one attached hydrogen (secondary N) is 2. The summed E-state index contributed by atoms with van der Waals surface area (Å²) in [5.74, 6) is 0.742. The summed E-state index contributed by atoms with van der Waals surface area (Å²) in [7, 11) is 1.59. The molecule has 2 aliphatic rings. The Morgan fingerprint density at radius 3 is 2.62 bits per heavy atom. The summed E-state index contributed by atoms with van der Waals surface area (Å²) in [6.07, 6.45) is 0. The molecule has 1 heterocycles. The fraction of sp³-hybridized carbons (Fsp3) is 0.0769. The van der Waals surface area contributed by atoms with E-state index in [1.54, 1.807) is 13.2 Å². The minimum absolute atomic E-state index is 0.115. The number of fused-ring (bicyclic) bond motifs is 1. The Morgan fingerprint density at radius 2 is 1.95 bits per heavy atom. The number of methoxy groups -OCH3 is 1. The lowest BCUT2D eigenvalue weighted by Gasteiger charge is -2.10. The number of anilines is 2. The highest BCUT2D eigenvalue weighted by Crippen LogP contribution is 2.27. The van der Waals surface area contributed by atoms with Crippen LogP contribution in [0.1, 0.15) is 0 Å². The van der Waals surface area contributed by atoms with Crippen LogP contribution in [0.4, 0.5) is 11.4 Å². The van der Waals surface area contributed by atoms with Crippen molar-refractivity contribution in [2.75, 3.05) is 12.4 Å². The van der Waals surface area contributed by atoms with Gasteiger partial charge in [-0.3, -0.25) is 4.63 Å². The lowest BCUT2D eigenvalue weighted by molar-refractivity contribution is 0.312. The molecule has 0 spiro atoms. The molecule has 0 aromatic heterocycles. The number of hydrogen-bond acceptors (Lipinski definition) is 6. The van der Waals surface area contributed by atoms with Gasteiger partial charge in [-0.05, 0) is 35.5 Å². The van der Waals surface area contributed by atoms with E-state index in [-0.39, 0.29) is 11.1 Å². The lowest BCUT2D eigenvalue weighted by Crippen LogP contribution is -2.21. The van der Waals surface area contributed by atoms with Crippen LogP contribution in [0.25, 0.3) is 11.4 Å². The van der Waals surface area contributed by atoms with Crippen LogP contribution < -0.4 is 20.3 Å². The van der Waals surface area contributed by atoms with Gasteiger partial charge in [0.25, 0.3) is 5.36 Å². The first-order valence-corrected chi connectivity index (χ1v) is 6.04. The Labute approximate surface area is 118 Å². The molecular formula is C13H11N4O4-. The molecule has 0 amide bonds. The van der Waals surface area contributed by atoms with E-state index in [4.69, 9.17) is 9.37 Å². The maximum atomic E-state index is 10.9. The molecule has 0 saturated carbocycles. The second kappa shape index (κ2) is 5.08. The molecule has 0 radical (unpaired) electrons. The number of rotatable bonds is 3. The van der Waals surface area contributed by atoms with Crippen LogP contribution >= 0.6 is 0 Å². The van der Waals surface area contributed by atoms with Crippen LogP contribution in [0.3, 0.4) is 0 Å². The normalized spacial score (nSPS) is 10.5. The monoisotopic (exact) mass is 287 g/mol. The fourth-order valence-electron chi connectivity index (χ4n) is 1.97. The first-order chi connectivity index (χ1) is 10.2. The Balaban J connectivity index is 2.00. The second-order valence-electron chi connectivity index (χ2n) is 4.25. The van der Waals surface area contributed by atoms with Crippen LogP contribution in [-0.2, 0) is 0 Å². The van der Waals surface area contributed by atoms with Crippen molar-refractivity contribution in [2.45, 2.75) is 0 Å². The molecule has 8 heteroatoms. The lowest BCUT2D eigenvalue weighted by atomic mass is 10.1. The van der Waals surface area contributed by atoms with Crippen molar-refractivity contribution in [3.8, 4) is 17.1 Å². The van der Waals surface area contributed by atoms with Crippen molar-refractivity contribution in [3.05, 3.63) is 52.2 Å². The highest BCUT2D eigenvalue weighted by Gasteiger charge is 2.18. The van der Waals surface area contributed by atoms with Gasteiger partial charge in [0.1, 0.15) is 11.4 Å². The molecule has 1 aliphatic heterocycles. The molecule has 0 fully saturated rings. The first kappa shape index (κ1) is 12.9. The maximum Gasteiger partial charge on any atom is 0.254 e. The van der Waals surface area contributed by atoms with Gasteiger partial charge < -0.3 is 20.5 Å². The maximum absolute atomic E-state index is 10.9. The molecule has 2 N–H and O–H groups in total. The summed E-state index contributed by atoms with van der Waals surface area (Å²) in [5.41, 5.74) is 2.03. The Kier molecular flexibility index (Phi) is 3.11. The van der Waals surface area contributed by atoms with E-state index in [0.717, 1.165) is 11.4 Å². The van der Waals surface area contributed by atoms with Crippen molar-refractivity contribution in [3.63, 3.8) is 0 Å². The summed E-state index contributed by atoms with van der Waals surface area (Å²) >= 11 is 0. The van der Waals surface area contributed by atoms with Gasteiger partial charge >= 0.3 is 0 Å². The van der Waals surface area contributed by atoms with Crippen LogP contribution in [0.5, 0.6) is 5.75 Å².